The smallest absolute Gasteiger partial charge is 0.290 e. The summed E-state index contributed by atoms with van der Waals surface area (Å²) < 4.78 is 0. The number of pyridine rings is 1. The third kappa shape index (κ3) is 3.49. The van der Waals surface area contributed by atoms with Gasteiger partial charge in [0.2, 0.25) is 0 Å². The fourth-order valence-electron chi connectivity index (χ4n) is 1.81. The maximum atomic E-state index is 10.9. The van der Waals surface area contributed by atoms with Gasteiger partial charge >= 0.3 is 0 Å². The first kappa shape index (κ1) is 13.6. The Labute approximate surface area is 101 Å². The summed E-state index contributed by atoms with van der Waals surface area (Å²) in [4.78, 5) is 14.3. The van der Waals surface area contributed by atoms with E-state index in [0.717, 1.165) is 5.56 Å². The Kier molecular flexibility index (Phi) is 4.17. The molecule has 1 N–H and O–H groups in total. The van der Waals surface area contributed by atoms with Crippen molar-refractivity contribution >= 4 is 5.69 Å². The van der Waals surface area contributed by atoms with Crippen molar-refractivity contribution in [3.63, 3.8) is 0 Å². The van der Waals surface area contributed by atoms with Gasteiger partial charge in [0.15, 0.2) is 0 Å². The number of likely N-dealkylation sites (N-methyl/N-ethyl adjacent to an activating group) is 1. The number of nitro groups is 1. The first-order valence-corrected chi connectivity index (χ1v) is 5.60. The van der Waals surface area contributed by atoms with Gasteiger partial charge in [-0.25, -0.2) is 0 Å². The van der Waals surface area contributed by atoms with E-state index in [1.807, 2.05) is 7.05 Å². The molecule has 1 atom stereocenters. The second-order valence-electron chi connectivity index (χ2n) is 5.17. The maximum absolute atomic E-state index is 10.9. The van der Waals surface area contributed by atoms with E-state index >= 15 is 0 Å². The van der Waals surface area contributed by atoms with Crippen LogP contribution in [0, 0.1) is 15.5 Å². The summed E-state index contributed by atoms with van der Waals surface area (Å²) in [6.07, 6.45) is 3.53. The average molecular weight is 237 g/mol. The number of hydrogen-bond donors (Lipinski definition) is 1. The minimum Gasteiger partial charge on any atom is -0.316 e. The molecule has 5 heteroatoms. The minimum absolute atomic E-state index is 0.0475. The van der Waals surface area contributed by atoms with E-state index in [0.29, 0.717) is 6.42 Å². The molecule has 1 aromatic heterocycles. The van der Waals surface area contributed by atoms with E-state index in [1.54, 1.807) is 12.3 Å². The van der Waals surface area contributed by atoms with Crippen LogP contribution in [0.4, 0.5) is 5.69 Å². The van der Waals surface area contributed by atoms with Crippen molar-refractivity contribution in [2.45, 2.75) is 33.2 Å². The minimum atomic E-state index is -0.377. The lowest BCUT2D eigenvalue weighted by Gasteiger charge is -2.30. The van der Waals surface area contributed by atoms with E-state index in [9.17, 15) is 10.1 Å². The maximum Gasteiger partial charge on any atom is 0.290 e. The third-order valence-corrected chi connectivity index (χ3v) is 2.90. The fourth-order valence-corrected chi connectivity index (χ4v) is 1.81. The first-order valence-electron chi connectivity index (χ1n) is 5.60. The van der Waals surface area contributed by atoms with Crippen LogP contribution in [0.3, 0.4) is 0 Å². The number of nitrogens with zero attached hydrogens (tertiary/aromatic N) is 2. The van der Waals surface area contributed by atoms with Crippen LogP contribution in [0.15, 0.2) is 18.5 Å². The summed E-state index contributed by atoms with van der Waals surface area (Å²) in [5.74, 6) is 0. The molecule has 0 fully saturated rings. The van der Waals surface area contributed by atoms with Crippen LogP contribution in [0.1, 0.15) is 26.3 Å². The highest BCUT2D eigenvalue weighted by Crippen LogP contribution is 2.25. The first-order chi connectivity index (χ1) is 7.86. The van der Waals surface area contributed by atoms with Crippen LogP contribution < -0.4 is 5.32 Å². The molecular weight excluding hydrogens is 218 g/mol. The highest BCUT2D eigenvalue weighted by molar-refractivity contribution is 5.37. The van der Waals surface area contributed by atoms with Crippen LogP contribution in [0.5, 0.6) is 0 Å². The average Bonchev–Trinajstić information content (AvgIpc) is 2.24. The highest BCUT2D eigenvalue weighted by atomic mass is 16.6. The Morgan fingerprint density at radius 3 is 2.65 bits per heavy atom. The van der Waals surface area contributed by atoms with Crippen LogP contribution >= 0.6 is 0 Å². The molecule has 0 bridgehead atoms. The third-order valence-electron chi connectivity index (χ3n) is 2.90. The Bertz CT molecular complexity index is 399. The molecule has 0 aliphatic heterocycles. The molecule has 1 heterocycles. The second-order valence-corrected chi connectivity index (χ2v) is 5.17. The normalized spacial score (nSPS) is 13.4. The molecule has 0 saturated heterocycles. The van der Waals surface area contributed by atoms with E-state index in [2.05, 4.69) is 31.1 Å². The molecule has 0 radical (unpaired) electrons. The predicted octanol–water partition coefficient (Wildman–Crippen LogP) is 2.17. The Morgan fingerprint density at radius 2 is 2.18 bits per heavy atom. The van der Waals surface area contributed by atoms with E-state index in [-0.39, 0.29) is 22.1 Å². The lowest BCUT2D eigenvalue weighted by Crippen LogP contribution is -2.39. The predicted molar refractivity (Wildman–Crippen MR) is 66.9 cm³/mol. The standard InChI is InChI=1S/C12H19N3O2/c1-12(2,3)11(13-4)7-9-5-6-14-8-10(9)15(16)17/h5-6,8,11,13H,7H2,1-4H3. The van der Waals surface area contributed by atoms with Crippen molar-refractivity contribution in [1.29, 1.82) is 0 Å². The molecule has 0 spiro atoms. The van der Waals surface area contributed by atoms with E-state index in [4.69, 9.17) is 0 Å². The van der Waals surface area contributed by atoms with Gasteiger partial charge in [-0.05, 0) is 24.9 Å². The molecule has 1 aromatic rings. The van der Waals surface area contributed by atoms with Crippen molar-refractivity contribution in [3.8, 4) is 0 Å². The van der Waals surface area contributed by atoms with Crippen molar-refractivity contribution in [3.05, 3.63) is 34.1 Å². The molecule has 0 aliphatic carbocycles. The van der Waals surface area contributed by atoms with Gasteiger partial charge in [0, 0.05) is 17.8 Å². The Hall–Kier alpha value is -1.49. The van der Waals surface area contributed by atoms with Gasteiger partial charge in [0.1, 0.15) is 6.20 Å². The quantitative estimate of drug-likeness (QED) is 0.643. The van der Waals surface area contributed by atoms with Gasteiger partial charge in [-0.3, -0.25) is 15.1 Å². The molecule has 0 aromatic carbocycles. The topological polar surface area (TPSA) is 68.1 Å². The zero-order valence-electron chi connectivity index (χ0n) is 10.7. The van der Waals surface area contributed by atoms with Crippen LogP contribution in [-0.4, -0.2) is 23.0 Å². The SMILES string of the molecule is CNC(Cc1ccncc1[N+](=O)[O-])C(C)(C)C. The number of aromatic nitrogens is 1. The van der Waals surface area contributed by atoms with Crippen molar-refractivity contribution in [2.24, 2.45) is 5.41 Å². The summed E-state index contributed by atoms with van der Waals surface area (Å²) in [5.41, 5.74) is 0.864. The molecule has 17 heavy (non-hydrogen) atoms. The van der Waals surface area contributed by atoms with Crippen LogP contribution in [0.2, 0.25) is 0 Å². The second kappa shape index (κ2) is 5.23. The summed E-state index contributed by atoms with van der Waals surface area (Å²) in [6, 6.07) is 1.90. The molecule has 0 amide bonds. The molecule has 0 aliphatic rings. The molecule has 5 nitrogen and oxygen atoms in total. The lowest BCUT2D eigenvalue weighted by atomic mass is 9.83. The summed E-state index contributed by atoms with van der Waals surface area (Å²) in [6.45, 7) is 6.34. The summed E-state index contributed by atoms with van der Waals surface area (Å²) in [7, 11) is 1.88. The fraction of sp³-hybridized carbons (Fsp3) is 0.583. The summed E-state index contributed by atoms with van der Waals surface area (Å²) in [5, 5.41) is 14.1. The van der Waals surface area contributed by atoms with Gasteiger partial charge in [-0.15, -0.1) is 0 Å². The monoisotopic (exact) mass is 237 g/mol. The zero-order valence-corrected chi connectivity index (χ0v) is 10.7. The van der Waals surface area contributed by atoms with Crippen molar-refractivity contribution in [2.75, 3.05) is 7.05 Å². The molecule has 94 valence electrons. The number of nitrogens with one attached hydrogen (secondary N) is 1. The Morgan fingerprint density at radius 1 is 1.53 bits per heavy atom. The molecular formula is C12H19N3O2. The molecule has 0 saturated carbocycles. The van der Waals surface area contributed by atoms with Crippen LogP contribution in [0.25, 0.3) is 0 Å². The van der Waals surface area contributed by atoms with Crippen molar-refractivity contribution < 1.29 is 4.92 Å². The molecule has 1 rings (SSSR count). The van der Waals surface area contributed by atoms with E-state index in [1.165, 1.54) is 6.20 Å². The van der Waals surface area contributed by atoms with Gasteiger partial charge in [0.05, 0.1) is 4.92 Å². The number of hydrogen-bond acceptors (Lipinski definition) is 4. The summed E-state index contributed by atoms with van der Waals surface area (Å²) >= 11 is 0. The van der Waals surface area contributed by atoms with Crippen LogP contribution in [-0.2, 0) is 6.42 Å². The lowest BCUT2D eigenvalue weighted by molar-refractivity contribution is -0.385. The van der Waals surface area contributed by atoms with Gasteiger partial charge in [-0.2, -0.15) is 0 Å². The van der Waals surface area contributed by atoms with E-state index < -0.39 is 0 Å². The Balaban J connectivity index is 2.98. The molecule has 1 unspecified atom stereocenters. The largest absolute Gasteiger partial charge is 0.316 e. The number of rotatable bonds is 4. The zero-order chi connectivity index (χ0) is 13.1. The highest BCUT2D eigenvalue weighted by Gasteiger charge is 2.26. The van der Waals surface area contributed by atoms with Gasteiger partial charge in [-0.1, -0.05) is 20.8 Å². The van der Waals surface area contributed by atoms with Crippen molar-refractivity contribution in [1.82, 2.24) is 10.3 Å². The van der Waals surface area contributed by atoms with Gasteiger partial charge in [0.25, 0.3) is 5.69 Å². The van der Waals surface area contributed by atoms with Gasteiger partial charge < -0.3 is 5.32 Å².